The van der Waals surface area contributed by atoms with Crippen LogP contribution in [0.4, 0.5) is 5.69 Å². The van der Waals surface area contributed by atoms with Crippen LogP contribution in [0, 0.1) is 25.7 Å². The predicted octanol–water partition coefficient (Wildman–Crippen LogP) is 5.54. The first-order valence-electron chi connectivity index (χ1n) is 12.8. The minimum atomic E-state index is -0.346. The lowest BCUT2D eigenvalue weighted by Gasteiger charge is -2.21. The summed E-state index contributed by atoms with van der Waals surface area (Å²) >= 11 is 0. The number of ether oxygens (including phenoxy) is 1. The van der Waals surface area contributed by atoms with Gasteiger partial charge in [-0.05, 0) is 74.6 Å². The molecule has 2 aromatic carbocycles. The van der Waals surface area contributed by atoms with Crippen LogP contribution in [0.1, 0.15) is 37.5 Å². The number of hydrogen-bond acceptors (Lipinski definition) is 4. The van der Waals surface area contributed by atoms with Gasteiger partial charge in [-0.1, -0.05) is 38.6 Å². The van der Waals surface area contributed by atoms with Crippen LogP contribution in [0.3, 0.4) is 0 Å². The third-order valence-corrected chi connectivity index (χ3v) is 6.55. The van der Waals surface area contributed by atoms with Crippen molar-refractivity contribution in [2.24, 2.45) is 18.9 Å². The SMILES string of the molecule is C=CC(=O)Nc1ccc(Oc2c(C)cccc2C)c(-c2cc(C[C@@H](C(=O)NCC)C(C)C)c(=O)n(C)c2)c1. The number of nitrogens with one attached hydrogen (secondary N) is 2. The highest BCUT2D eigenvalue weighted by atomic mass is 16.5. The molecule has 3 aromatic rings. The van der Waals surface area contributed by atoms with Crippen LogP contribution in [0.2, 0.25) is 0 Å². The molecule has 2 amide bonds. The summed E-state index contributed by atoms with van der Waals surface area (Å²) in [5.41, 5.74) is 4.36. The van der Waals surface area contributed by atoms with E-state index in [9.17, 15) is 14.4 Å². The minimum absolute atomic E-state index is 0.0512. The molecule has 2 N–H and O–H groups in total. The summed E-state index contributed by atoms with van der Waals surface area (Å²) < 4.78 is 7.95. The van der Waals surface area contributed by atoms with Crippen molar-refractivity contribution in [1.29, 1.82) is 0 Å². The van der Waals surface area contributed by atoms with E-state index in [0.29, 0.717) is 35.5 Å². The number of hydrogen-bond donors (Lipinski definition) is 2. The molecular formula is C31H37N3O4. The van der Waals surface area contributed by atoms with Crippen LogP contribution in [0.5, 0.6) is 11.5 Å². The van der Waals surface area contributed by atoms with E-state index < -0.39 is 0 Å². The third kappa shape index (κ3) is 6.59. The van der Waals surface area contributed by atoms with Gasteiger partial charge in [0, 0.05) is 48.1 Å². The Labute approximate surface area is 224 Å². The molecule has 0 bridgehead atoms. The molecule has 0 fully saturated rings. The maximum absolute atomic E-state index is 13.1. The van der Waals surface area contributed by atoms with Gasteiger partial charge in [-0.3, -0.25) is 14.4 Å². The highest BCUT2D eigenvalue weighted by Crippen LogP contribution is 2.38. The Morgan fingerprint density at radius 3 is 2.39 bits per heavy atom. The molecule has 3 rings (SSSR count). The van der Waals surface area contributed by atoms with Crippen molar-refractivity contribution in [2.75, 3.05) is 11.9 Å². The van der Waals surface area contributed by atoms with Crippen molar-refractivity contribution < 1.29 is 14.3 Å². The number of pyridine rings is 1. The molecule has 38 heavy (non-hydrogen) atoms. The molecule has 0 radical (unpaired) electrons. The fourth-order valence-electron chi connectivity index (χ4n) is 4.43. The van der Waals surface area contributed by atoms with Crippen LogP contribution in [0.25, 0.3) is 11.1 Å². The van der Waals surface area contributed by atoms with E-state index in [1.807, 2.05) is 65.0 Å². The average molecular weight is 516 g/mol. The number of carbonyl (C=O) groups excluding carboxylic acids is 2. The highest BCUT2D eigenvalue weighted by Gasteiger charge is 2.24. The Morgan fingerprint density at radius 1 is 1.11 bits per heavy atom. The Bertz CT molecular complexity index is 1380. The van der Waals surface area contributed by atoms with Crippen molar-refractivity contribution in [3.63, 3.8) is 0 Å². The minimum Gasteiger partial charge on any atom is -0.456 e. The van der Waals surface area contributed by atoms with Crippen LogP contribution in [-0.2, 0) is 23.1 Å². The zero-order valence-electron chi connectivity index (χ0n) is 23.1. The molecule has 7 heteroatoms. The first-order valence-corrected chi connectivity index (χ1v) is 12.8. The molecule has 0 unspecified atom stereocenters. The molecule has 7 nitrogen and oxygen atoms in total. The van der Waals surface area contributed by atoms with E-state index in [2.05, 4.69) is 17.2 Å². The zero-order valence-corrected chi connectivity index (χ0v) is 23.1. The molecule has 1 heterocycles. The number of benzene rings is 2. The van der Waals surface area contributed by atoms with E-state index in [1.54, 1.807) is 25.4 Å². The summed E-state index contributed by atoms with van der Waals surface area (Å²) in [7, 11) is 1.70. The Kier molecular flexibility index (Phi) is 9.29. The van der Waals surface area contributed by atoms with Gasteiger partial charge in [0.2, 0.25) is 11.8 Å². The second-order valence-electron chi connectivity index (χ2n) is 9.85. The summed E-state index contributed by atoms with van der Waals surface area (Å²) in [6.45, 7) is 13.9. The lowest BCUT2D eigenvalue weighted by atomic mass is 9.88. The molecular weight excluding hydrogens is 478 g/mol. The van der Waals surface area contributed by atoms with Crippen LogP contribution in [0.15, 0.2) is 66.1 Å². The summed E-state index contributed by atoms with van der Waals surface area (Å²) in [4.78, 5) is 37.9. The van der Waals surface area contributed by atoms with Gasteiger partial charge in [0.1, 0.15) is 11.5 Å². The molecule has 0 saturated carbocycles. The predicted molar refractivity (Wildman–Crippen MR) is 153 cm³/mol. The summed E-state index contributed by atoms with van der Waals surface area (Å²) in [6, 6.07) is 13.2. The fraction of sp³-hybridized carbons (Fsp3) is 0.323. The Balaban J connectivity index is 2.16. The van der Waals surface area contributed by atoms with Gasteiger partial charge < -0.3 is 19.9 Å². The topological polar surface area (TPSA) is 89.4 Å². The van der Waals surface area contributed by atoms with E-state index in [4.69, 9.17) is 4.74 Å². The van der Waals surface area contributed by atoms with Crippen molar-refractivity contribution in [2.45, 2.75) is 41.0 Å². The second kappa shape index (κ2) is 12.4. The molecule has 0 aliphatic rings. The van der Waals surface area contributed by atoms with Gasteiger partial charge in [0.15, 0.2) is 0 Å². The average Bonchev–Trinajstić information content (AvgIpc) is 2.87. The van der Waals surface area contributed by atoms with E-state index in [1.165, 1.54) is 10.6 Å². The largest absolute Gasteiger partial charge is 0.456 e. The normalized spacial score (nSPS) is 11.7. The molecule has 0 saturated heterocycles. The molecule has 1 aromatic heterocycles. The second-order valence-corrected chi connectivity index (χ2v) is 9.85. The maximum Gasteiger partial charge on any atom is 0.253 e. The third-order valence-electron chi connectivity index (χ3n) is 6.55. The van der Waals surface area contributed by atoms with Gasteiger partial charge in [0.25, 0.3) is 5.56 Å². The zero-order chi connectivity index (χ0) is 28.0. The van der Waals surface area contributed by atoms with Gasteiger partial charge in [-0.15, -0.1) is 0 Å². The standard InChI is InChI=1S/C31H37N3O4/c1-8-28(35)33-24-13-14-27(38-29-20(5)11-10-12-21(29)6)26(17-24)23-15-22(31(37)34(7)18-23)16-25(19(3)4)30(36)32-9-2/h8,10-15,17-19,25H,1,9,16H2,2-7H3,(H,32,36)(H,33,35)/t25-/m1/s1. The molecule has 200 valence electrons. The van der Waals surface area contributed by atoms with E-state index in [0.717, 1.165) is 22.4 Å². The van der Waals surface area contributed by atoms with Gasteiger partial charge >= 0.3 is 0 Å². The lowest BCUT2D eigenvalue weighted by Crippen LogP contribution is -2.36. The van der Waals surface area contributed by atoms with Crippen molar-refractivity contribution in [1.82, 2.24) is 9.88 Å². The Hall–Kier alpha value is -4.13. The number of para-hydroxylation sites is 1. The maximum atomic E-state index is 13.1. The quantitative estimate of drug-likeness (QED) is 0.347. The molecule has 0 aliphatic carbocycles. The molecule has 1 atom stereocenters. The Morgan fingerprint density at radius 2 is 1.79 bits per heavy atom. The highest BCUT2D eigenvalue weighted by molar-refractivity contribution is 5.99. The number of carbonyl (C=O) groups is 2. The summed E-state index contributed by atoms with van der Waals surface area (Å²) in [5, 5.41) is 5.69. The summed E-state index contributed by atoms with van der Waals surface area (Å²) in [6.07, 6.45) is 3.26. The fourth-order valence-corrected chi connectivity index (χ4v) is 4.43. The molecule has 0 spiro atoms. The summed E-state index contributed by atoms with van der Waals surface area (Å²) in [5.74, 6) is 0.632. The lowest BCUT2D eigenvalue weighted by molar-refractivity contribution is -0.126. The van der Waals surface area contributed by atoms with E-state index >= 15 is 0 Å². The first-order chi connectivity index (χ1) is 18.0. The number of aromatic nitrogens is 1. The number of amides is 2. The van der Waals surface area contributed by atoms with Crippen LogP contribution < -0.4 is 20.9 Å². The monoisotopic (exact) mass is 515 g/mol. The van der Waals surface area contributed by atoms with Crippen molar-refractivity contribution in [3.8, 4) is 22.6 Å². The van der Waals surface area contributed by atoms with Gasteiger partial charge in [0.05, 0.1) is 0 Å². The number of nitrogens with zero attached hydrogens (tertiary/aromatic N) is 1. The molecule has 0 aliphatic heterocycles. The van der Waals surface area contributed by atoms with Crippen LogP contribution in [-0.4, -0.2) is 22.9 Å². The van der Waals surface area contributed by atoms with Gasteiger partial charge in [-0.2, -0.15) is 0 Å². The van der Waals surface area contributed by atoms with Crippen LogP contribution >= 0.6 is 0 Å². The first kappa shape index (κ1) is 28.4. The number of rotatable bonds is 10. The number of anilines is 1. The van der Waals surface area contributed by atoms with Crippen molar-refractivity contribution >= 4 is 17.5 Å². The smallest absolute Gasteiger partial charge is 0.253 e. The van der Waals surface area contributed by atoms with Crippen molar-refractivity contribution in [3.05, 3.63) is 88.4 Å². The van der Waals surface area contributed by atoms with Gasteiger partial charge in [-0.25, -0.2) is 0 Å². The van der Waals surface area contributed by atoms with E-state index in [-0.39, 0.29) is 29.2 Å². The number of aryl methyl sites for hydroxylation is 3.